The maximum Gasteiger partial charge on any atom is 1.00 e. The number of para-hydroxylation sites is 7. The van der Waals surface area contributed by atoms with Crippen LogP contribution in [0.1, 0.15) is 184 Å². The number of cyclic esters (lactones) is 1. The molecule has 2 atom stereocenters. The predicted molar refractivity (Wildman–Crippen MR) is 430 cm³/mol. The molecule has 7 aromatic carbocycles. The van der Waals surface area contributed by atoms with Crippen LogP contribution >= 0.6 is 45.2 Å². The zero-order valence-corrected chi connectivity index (χ0v) is 70.1. The summed E-state index contributed by atoms with van der Waals surface area (Å²) >= 11 is 4.41. The third kappa shape index (κ3) is 43.3. The van der Waals surface area contributed by atoms with Gasteiger partial charge in [-0.3, -0.25) is 24.5 Å². The van der Waals surface area contributed by atoms with E-state index in [1.807, 2.05) is 197 Å². The molecular formula is C78H110F12I2LiN7O7. The molecule has 0 spiro atoms. The minimum Gasteiger partial charge on any atom is -0.428 e. The monoisotopic (exact) mass is 1750 g/mol. The molecule has 0 aromatic heterocycles. The number of rotatable bonds is 5. The van der Waals surface area contributed by atoms with Crippen LogP contribution in [0.25, 0.3) is 0 Å². The van der Waals surface area contributed by atoms with E-state index in [0.29, 0.717) is 6.92 Å². The normalized spacial score (nSPS) is 12.4. The van der Waals surface area contributed by atoms with Gasteiger partial charge in [0.15, 0.2) is 5.60 Å². The molecular weight excluding hydrogens is 1640 g/mol. The van der Waals surface area contributed by atoms with Crippen molar-refractivity contribution in [2.24, 2.45) is 10.8 Å². The first-order valence-corrected chi connectivity index (χ1v) is 35.5. The van der Waals surface area contributed by atoms with Crippen LogP contribution in [0.5, 0.6) is 0 Å². The number of hydrogen-bond donors (Lipinski definition) is 8. The van der Waals surface area contributed by atoms with E-state index < -0.39 is 76.0 Å². The molecule has 0 bridgehead atoms. The van der Waals surface area contributed by atoms with Gasteiger partial charge in [0, 0.05) is 51.8 Å². The van der Waals surface area contributed by atoms with Crippen LogP contribution in [0, 0.1) is 25.4 Å². The smallest absolute Gasteiger partial charge is 0.428 e. The van der Waals surface area contributed by atoms with Crippen molar-refractivity contribution in [3.8, 4) is 0 Å². The van der Waals surface area contributed by atoms with Gasteiger partial charge < -0.3 is 50.8 Å². The number of alkyl halides is 12. The maximum absolute atomic E-state index is 12.9. The Morgan fingerprint density at radius 1 is 0.439 bits per heavy atom. The van der Waals surface area contributed by atoms with E-state index in [1.165, 1.54) is 72.8 Å². The molecule has 0 saturated carbocycles. The summed E-state index contributed by atoms with van der Waals surface area (Å²) in [6.45, 7) is 40.1. The fourth-order valence-corrected chi connectivity index (χ4v) is 7.51. The molecule has 1 aliphatic heterocycles. The Labute approximate surface area is 666 Å². The van der Waals surface area contributed by atoms with Gasteiger partial charge in [0.05, 0.1) is 28.2 Å². The number of ketones is 2. The number of nitrogen functional groups attached to an aromatic ring is 4. The average Bonchev–Trinajstić information content (AvgIpc) is 0.754. The van der Waals surface area contributed by atoms with Crippen LogP contribution in [0.2, 0.25) is 0 Å². The van der Waals surface area contributed by atoms with Crippen LogP contribution in [-0.2, 0) is 25.5 Å². The SMILES string of the molecule is CC.CC.CC.CC.CC.CC.CC.CC(C)(C)C(=O)Nc1ccccc1C(=O)C(F)(F)F.CC(C)(C)C(=O)Nc1ccccc1I.CC(O)(c1ccccc1N)C(F)(F)F.CC1(C(F)(F)F)OC(=O)Nc2ccccc21.Nc1ccccc1.Nc1ccccc1C(=O)C(F)(F)F.Nc1ccccc1I.[CH3-].[Li+]. The van der Waals surface area contributed by atoms with Gasteiger partial charge in [-0.2, -0.15) is 52.7 Å². The minimum absolute atomic E-state index is 0. The van der Waals surface area contributed by atoms with Gasteiger partial charge in [0.1, 0.15) is 0 Å². The Hall–Kier alpha value is -7.53. The number of nitrogens with one attached hydrogen (secondary N) is 3. The Morgan fingerprint density at radius 2 is 0.766 bits per heavy atom. The molecule has 14 nitrogen and oxygen atoms in total. The second-order valence-electron chi connectivity index (χ2n) is 21.4. The summed E-state index contributed by atoms with van der Waals surface area (Å²) in [6.07, 6.45) is -20.3. The molecule has 2 unspecified atom stereocenters. The van der Waals surface area contributed by atoms with Gasteiger partial charge in [-0.05, 0) is 132 Å². The van der Waals surface area contributed by atoms with Gasteiger partial charge in [-0.15, -0.1) is 0 Å². The summed E-state index contributed by atoms with van der Waals surface area (Å²) in [7, 11) is 0. The number of anilines is 7. The van der Waals surface area contributed by atoms with Crippen molar-refractivity contribution in [1.29, 1.82) is 0 Å². The van der Waals surface area contributed by atoms with E-state index in [9.17, 15) is 81.8 Å². The molecule has 3 amide bonds. The second-order valence-corrected chi connectivity index (χ2v) is 23.7. The summed E-state index contributed by atoms with van der Waals surface area (Å²) in [5.74, 6) is -4.31. The van der Waals surface area contributed by atoms with Crippen LogP contribution in [0.15, 0.2) is 176 Å². The van der Waals surface area contributed by atoms with E-state index in [4.69, 9.17) is 22.9 Å². The fourth-order valence-electron chi connectivity index (χ4n) is 6.60. The van der Waals surface area contributed by atoms with E-state index in [-0.39, 0.29) is 71.5 Å². The zero-order valence-electron chi connectivity index (χ0n) is 65.7. The van der Waals surface area contributed by atoms with E-state index >= 15 is 0 Å². The van der Waals surface area contributed by atoms with Crippen LogP contribution in [0.4, 0.5) is 97.3 Å². The molecule has 29 heteroatoms. The molecule has 8 rings (SSSR count). The molecule has 0 saturated heterocycles. The Bertz CT molecular complexity index is 3550. The van der Waals surface area contributed by atoms with E-state index in [1.54, 1.807) is 26.8 Å². The number of amides is 3. The molecule has 7 aromatic rings. The summed E-state index contributed by atoms with van der Waals surface area (Å²) in [6, 6.07) is 46.2. The maximum atomic E-state index is 12.9. The molecule has 598 valence electrons. The molecule has 1 heterocycles. The van der Waals surface area contributed by atoms with E-state index in [2.05, 4.69) is 65.9 Å². The van der Waals surface area contributed by atoms with Crippen molar-refractivity contribution < 1.29 is 105 Å². The predicted octanol–water partition coefficient (Wildman–Crippen LogP) is 21.6. The quantitative estimate of drug-likeness (QED) is 0.0201. The minimum atomic E-state index is -4.97. The number of aliphatic hydroxyl groups is 1. The first-order chi connectivity index (χ1) is 48.7. The number of nitrogens with two attached hydrogens (primary N) is 4. The first-order valence-electron chi connectivity index (χ1n) is 33.3. The van der Waals surface area contributed by atoms with Crippen molar-refractivity contribution >= 4 is 114 Å². The average molecular weight is 1750 g/mol. The molecule has 0 radical (unpaired) electrons. The third-order valence-corrected chi connectivity index (χ3v) is 13.8. The molecule has 1 aliphatic rings. The molecule has 0 fully saturated rings. The van der Waals surface area contributed by atoms with Crippen molar-refractivity contribution in [3.63, 3.8) is 0 Å². The van der Waals surface area contributed by atoms with Gasteiger partial charge in [-0.1, -0.05) is 242 Å². The Kier molecular flexibility index (Phi) is 62.0. The van der Waals surface area contributed by atoms with Crippen molar-refractivity contribution in [2.45, 2.75) is 188 Å². The van der Waals surface area contributed by atoms with Gasteiger partial charge in [-0.25, -0.2) is 4.79 Å². The molecule has 0 aliphatic carbocycles. The fraction of sp³-hybridized carbons (Fsp3) is 0.385. The van der Waals surface area contributed by atoms with Crippen LogP contribution in [0.3, 0.4) is 0 Å². The number of carbonyl (C=O) groups excluding carboxylic acids is 5. The zero-order chi connectivity index (χ0) is 83.7. The van der Waals surface area contributed by atoms with Crippen molar-refractivity contribution in [2.75, 3.05) is 38.9 Å². The number of hydrogen-bond acceptors (Lipinski definition) is 11. The van der Waals surface area contributed by atoms with Gasteiger partial charge in [0.2, 0.25) is 17.4 Å². The number of ether oxygens (including phenoxy) is 1. The van der Waals surface area contributed by atoms with Crippen molar-refractivity contribution in [1.82, 2.24) is 0 Å². The largest absolute Gasteiger partial charge is 1.00 e. The van der Waals surface area contributed by atoms with Crippen LogP contribution in [-0.4, -0.2) is 59.3 Å². The van der Waals surface area contributed by atoms with Crippen LogP contribution < -0.4 is 57.7 Å². The topological polar surface area (TPSA) is 255 Å². The second kappa shape index (κ2) is 57.6. The summed E-state index contributed by atoms with van der Waals surface area (Å²) in [5.41, 5.74) is 15.6. The third-order valence-electron chi connectivity index (χ3n) is 11.9. The Balaban J connectivity index is -0.000000175. The van der Waals surface area contributed by atoms with Crippen molar-refractivity contribution in [3.05, 3.63) is 213 Å². The number of benzene rings is 7. The number of carbonyl (C=O) groups is 5. The number of fused-ring (bicyclic) bond motifs is 1. The Morgan fingerprint density at radius 3 is 1.11 bits per heavy atom. The summed E-state index contributed by atoms with van der Waals surface area (Å²) in [4.78, 5) is 56.4. The molecule has 12 N–H and O–H groups in total. The van der Waals surface area contributed by atoms with Gasteiger partial charge in [0.25, 0.3) is 11.6 Å². The summed E-state index contributed by atoms with van der Waals surface area (Å²) < 4.78 is 155. The number of halogens is 14. The standard InChI is InChI=1S/C13H14F3NO2.C11H14INO.C10H8F3NO2.C9H10F3NO.C8H6F3NO.C6H6IN.C6H7N.7C2H6.CH3.Li/c1-12(2,3)11(19)17-9-7-5-4-6-8(9)10(18)13(14,15)16;1-11(2,3)10(14)13-9-7-5-4-6-8(9)12;1-9(10(11,12)13)6-4-2-3-5-7(6)14-8(15)16-9;1-8(14,9(10,11)12)6-4-2-3-5-7(6)13;9-8(10,11)7(13)5-3-1-2-4-6(5)12;7-5-3-1-2-4-6(5)8;7-6-4-2-1-3-5-6;7*1-2;;/h4-7H,1-3H3,(H,17,19);4-7H,1-3H3,(H,13,14);2-5H,1H3,(H,14,15);2-5,14H,13H2,1H3;1-4H,12H2;1-4H,8H2;1-5H,7H2;7*1-2H3;1H3;/q;;;;;;;;;;;;;;-1;+1. The number of Topliss-reactive ketones (excluding diaryl/α,β-unsaturated/α-hetero) is 2. The van der Waals surface area contributed by atoms with Gasteiger partial charge >= 0.3 is 49.7 Å². The summed E-state index contributed by atoms with van der Waals surface area (Å²) in [5, 5.41) is 16.8. The van der Waals surface area contributed by atoms with E-state index in [0.717, 1.165) is 49.3 Å². The molecule has 107 heavy (non-hydrogen) atoms. The first kappa shape index (κ1) is 115.